The molecule has 0 unspecified atom stereocenters. The number of carbonyl (C=O) groups excluding carboxylic acids is 1. The number of nitrogens with zero attached hydrogens (tertiary/aromatic N) is 6. The summed E-state index contributed by atoms with van der Waals surface area (Å²) in [6, 6.07) is 5.52. The first-order chi connectivity index (χ1) is 12.6. The van der Waals surface area contributed by atoms with Gasteiger partial charge in [0.05, 0.1) is 5.69 Å². The summed E-state index contributed by atoms with van der Waals surface area (Å²) in [6.45, 7) is 4.92. The monoisotopic (exact) mass is 354 g/mol. The smallest absolute Gasteiger partial charge is 0.272 e. The third kappa shape index (κ3) is 3.85. The van der Waals surface area contributed by atoms with E-state index in [-0.39, 0.29) is 18.4 Å². The minimum atomic E-state index is -0.199. The fraction of sp³-hybridized carbons (Fsp3) is 0.389. The van der Waals surface area contributed by atoms with Crippen LogP contribution >= 0.6 is 0 Å². The van der Waals surface area contributed by atoms with E-state index in [2.05, 4.69) is 20.1 Å². The third-order valence-corrected chi connectivity index (χ3v) is 4.06. The molecule has 8 heteroatoms. The van der Waals surface area contributed by atoms with Crippen molar-refractivity contribution in [1.29, 1.82) is 0 Å². The molecule has 0 saturated carbocycles. The van der Waals surface area contributed by atoms with Gasteiger partial charge in [-0.05, 0) is 30.0 Å². The van der Waals surface area contributed by atoms with Crippen molar-refractivity contribution in [2.45, 2.75) is 32.7 Å². The van der Waals surface area contributed by atoms with Gasteiger partial charge in [0.15, 0.2) is 0 Å². The molecule has 8 nitrogen and oxygen atoms in total. The second-order valence-electron chi connectivity index (χ2n) is 6.36. The van der Waals surface area contributed by atoms with Crippen LogP contribution in [0, 0.1) is 0 Å². The van der Waals surface area contributed by atoms with Crippen LogP contribution in [0.15, 0.2) is 36.9 Å². The molecule has 3 rings (SSSR count). The van der Waals surface area contributed by atoms with Gasteiger partial charge in [-0.3, -0.25) is 9.78 Å². The van der Waals surface area contributed by atoms with Gasteiger partial charge >= 0.3 is 0 Å². The summed E-state index contributed by atoms with van der Waals surface area (Å²) in [7, 11) is 0. The summed E-state index contributed by atoms with van der Waals surface area (Å²) >= 11 is 0. The highest BCUT2D eigenvalue weighted by Crippen LogP contribution is 2.17. The number of rotatable bonds is 7. The molecule has 0 atom stereocenters. The molecule has 136 valence electrons. The molecule has 1 amide bonds. The first-order valence-corrected chi connectivity index (χ1v) is 8.60. The van der Waals surface area contributed by atoms with Crippen LogP contribution in [0.5, 0.6) is 0 Å². The molecular weight excluding hydrogens is 332 g/mol. The normalized spacial score (nSPS) is 11.2. The lowest BCUT2D eigenvalue weighted by atomic mass is 10.1. The second-order valence-corrected chi connectivity index (χ2v) is 6.36. The lowest BCUT2D eigenvalue weighted by molar-refractivity contribution is 0.0726. The van der Waals surface area contributed by atoms with Crippen molar-refractivity contribution in [2.24, 2.45) is 0 Å². The standard InChI is InChI=1S/C18H22N6O2/c1-13(2)16-9-15(22-18-20-12-21-24(16)18)17(26)23(7-4-8-25)11-14-5-3-6-19-10-14/h3,5-6,9-10,12-13,25H,4,7-8,11H2,1-2H3. The van der Waals surface area contributed by atoms with Gasteiger partial charge < -0.3 is 10.0 Å². The Morgan fingerprint density at radius 1 is 1.38 bits per heavy atom. The van der Waals surface area contributed by atoms with Gasteiger partial charge in [0.1, 0.15) is 12.0 Å². The molecule has 0 aliphatic heterocycles. The molecule has 3 heterocycles. The average molecular weight is 354 g/mol. The van der Waals surface area contributed by atoms with Crippen LogP contribution in [0.25, 0.3) is 5.78 Å². The maximum Gasteiger partial charge on any atom is 0.272 e. The van der Waals surface area contributed by atoms with Crippen molar-refractivity contribution >= 4 is 11.7 Å². The Morgan fingerprint density at radius 3 is 2.92 bits per heavy atom. The van der Waals surface area contributed by atoms with E-state index < -0.39 is 0 Å². The molecule has 0 aliphatic rings. The molecule has 0 spiro atoms. The Balaban J connectivity index is 1.94. The van der Waals surface area contributed by atoms with Gasteiger partial charge in [0.25, 0.3) is 11.7 Å². The lowest BCUT2D eigenvalue weighted by Crippen LogP contribution is -2.33. The second kappa shape index (κ2) is 8.01. The molecule has 3 aromatic heterocycles. The van der Waals surface area contributed by atoms with Gasteiger partial charge in [-0.25, -0.2) is 9.50 Å². The van der Waals surface area contributed by atoms with Gasteiger partial charge in [0.2, 0.25) is 0 Å². The Morgan fingerprint density at radius 2 is 2.23 bits per heavy atom. The number of fused-ring (bicyclic) bond motifs is 1. The number of aromatic nitrogens is 5. The van der Waals surface area contributed by atoms with Crippen LogP contribution in [0.1, 0.15) is 47.9 Å². The summed E-state index contributed by atoms with van der Waals surface area (Å²) in [6.07, 6.45) is 5.35. The topological polar surface area (TPSA) is 96.5 Å². The van der Waals surface area contributed by atoms with Crippen molar-refractivity contribution in [3.63, 3.8) is 0 Å². The van der Waals surface area contributed by atoms with Gasteiger partial charge in [-0.1, -0.05) is 19.9 Å². The Hall–Kier alpha value is -2.87. The minimum Gasteiger partial charge on any atom is -0.396 e. The summed E-state index contributed by atoms with van der Waals surface area (Å²) in [5.74, 6) is 0.371. The number of hydrogen-bond acceptors (Lipinski definition) is 6. The van der Waals surface area contributed by atoms with Crippen molar-refractivity contribution in [3.8, 4) is 0 Å². The zero-order valence-corrected chi connectivity index (χ0v) is 14.9. The number of aliphatic hydroxyl groups is 1. The van der Waals surface area contributed by atoms with Crippen LogP contribution in [0.2, 0.25) is 0 Å². The largest absolute Gasteiger partial charge is 0.396 e. The van der Waals surface area contributed by atoms with E-state index in [1.165, 1.54) is 6.33 Å². The van der Waals surface area contributed by atoms with E-state index >= 15 is 0 Å². The van der Waals surface area contributed by atoms with Crippen molar-refractivity contribution in [2.75, 3.05) is 13.2 Å². The lowest BCUT2D eigenvalue weighted by Gasteiger charge is -2.22. The fourth-order valence-corrected chi connectivity index (χ4v) is 2.74. The zero-order valence-electron chi connectivity index (χ0n) is 14.9. The predicted octanol–water partition coefficient (Wildman–Crippen LogP) is 1.67. The molecule has 3 aromatic rings. The first-order valence-electron chi connectivity index (χ1n) is 8.60. The van der Waals surface area contributed by atoms with E-state index in [0.29, 0.717) is 31.0 Å². The zero-order chi connectivity index (χ0) is 18.5. The van der Waals surface area contributed by atoms with Crippen molar-refractivity contribution in [1.82, 2.24) is 29.5 Å². The summed E-state index contributed by atoms with van der Waals surface area (Å²) in [5, 5.41) is 13.4. The van der Waals surface area contributed by atoms with E-state index in [1.54, 1.807) is 27.9 Å². The number of carbonyl (C=O) groups is 1. The van der Waals surface area contributed by atoms with Crippen LogP contribution in [0.4, 0.5) is 0 Å². The Bertz CT molecular complexity index is 878. The average Bonchev–Trinajstić information content (AvgIpc) is 3.13. The maximum atomic E-state index is 13.1. The van der Waals surface area contributed by atoms with Crippen LogP contribution in [0.3, 0.4) is 0 Å². The minimum absolute atomic E-state index is 0.0186. The third-order valence-electron chi connectivity index (χ3n) is 4.06. The van der Waals surface area contributed by atoms with Crippen LogP contribution in [-0.2, 0) is 6.54 Å². The van der Waals surface area contributed by atoms with Gasteiger partial charge in [0, 0.05) is 32.1 Å². The molecule has 26 heavy (non-hydrogen) atoms. The van der Waals surface area contributed by atoms with Crippen molar-refractivity contribution in [3.05, 3.63) is 53.9 Å². The van der Waals surface area contributed by atoms with Gasteiger partial charge in [-0.15, -0.1) is 0 Å². The molecule has 0 aliphatic carbocycles. The molecule has 1 N–H and O–H groups in total. The molecule has 0 aromatic carbocycles. The highest BCUT2D eigenvalue weighted by Gasteiger charge is 2.21. The summed E-state index contributed by atoms with van der Waals surface area (Å²) < 4.78 is 1.65. The Kier molecular flexibility index (Phi) is 5.52. The first kappa shape index (κ1) is 17.9. The quantitative estimate of drug-likeness (QED) is 0.693. The van der Waals surface area contributed by atoms with Crippen LogP contribution in [-0.4, -0.2) is 53.6 Å². The molecule has 0 bridgehead atoms. The van der Waals surface area contributed by atoms with E-state index in [9.17, 15) is 9.90 Å². The number of pyridine rings is 1. The number of hydrogen-bond donors (Lipinski definition) is 1. The maximum absolute atomic E-state index is 13.1. The van der Waals surface area contributed by atoms with E-state index in [0.717, 1.165) is 11.3 Å². The van der Waals surface area contributed by atoms with Crippen LogP contribution < -0.4 is 0 Å². The fourth-order valence-electron chi connectivity index (χ4n) is 2.74. The molecular formula is C18H22N6O2. The number of aliphatic hydroxyl groups excluding tert-OH is 1. The number of amides is 1. The predicted molar refractivity (Wildman–Crippen MR) is 95.6 cm³/mol. The SMILES string of the molecule is CC(C)c1cc(C(=O)N(CCCO)Cc2cccnc2)nc2ncnn12. The summed E-state index contributed by atoms with van der Waals surface area (Å²) in [5.41, 5.74) is 2.13. The van der Waals surface area contributed by atoms with E-state index in [4.69, 9.17) is 0 Å². The molecule has 0 saturated heterocycles. The molecule has 0 fully saturated rings. The highest BCUT2D eigenvalue weighted by atomic mass is 16.3. The van der Waals surface area contributed by atoms with E-state index in [1.807, 2.05) is 26.0 Å². The summed E-state index contributed by atoms with van der Waals surface area (Å²) in [4.78, 5) is 27.4. The molecule has 0 radical (unpaired) electrons. The van der Waals surface area contributed by atoms with Crippen molar-refractivity contribution < 1.29 is 9.90 Å². The highest BCUT2D eigenvalue weighted by molar-refractivity contribution is 5.92. The van der Waals surface area contributed by atoms with Gasteiger partial charge in [-0.2, -0.15) is 10.1 Å². The Labute approximate surface area is 151 Å².